The van der Waals surface area contributed by atoms with Crippen LogP contribution in [0.5, 0.6) is 0 Å². The van der Waals surface area contributed by atoms with Gasteiger partial charge >= 0.3 is 0 Å². The molecule has 11 nitrogen and oxygen atoms in total. The number of carbonyl (C=O) groups is 2. The molecule has 1 aromatic carbocycles. The highest BCUT2D eigenvalue weighted by molar-refractivity contribution is 5.90. The van der Waals surface area contributed by atoms with Crippen molar-refractivity contribution >= 4 is 17.8 Å². The molecule has 1 spiro atoms. The Bertz CT molecular complexity index is 1250. The third-order valence-electron chi connectivity index (χ3n) is 7.81. The van der Waals surface area contributed by atoms with Crippen LogP contribution in [0.15, 0.2) is 48.9 Å². The summed E-state index contributed by atoms with van der Waals surface area (Å²) < 4.78 is 1.81. The molecule has 2 bridgehead atoms. The second-order valence-electron chi connectivity index (χ2n) is 10.9. The van der Waals surface area contributed by atoms with Gasteiger partial charge in [0, 0.05) is 63.2 Å². The number of hydrogen-bond donors (Lipinski definition) is 3. The number of fused-ring (bicyclic) bond motifs is 2. The van der Waals surface area contributed by atoms with Gasteiger partial charge < -0.3 is 16.0 Å². The molecule has 212 valence electrons. The van der Waals surface area contributed by atoms with Crippen molar-refractivity contribution in [3.05, 3.63) is 65.7 Å². The molecule has 0 unspecified atom stereocenters. The summed E-state index contributed by atoms with van der Waals surface area (Å²) in [5.41, 5.74) is 2.19. The molecule has 40 heavy (non-hydrogen) atoms. The summed E-state index contributed by atoms with van der Waals surface area (Å²) in [4.78, 5) is 38.5. The molecule has 0 saturated carbocycles. The number of piperidine rings is 1. The minimum absolute atomic E-state index is 0.0910. The third-order valence-corrected chi connectivity index (χ3v) is 7.81. The number of amides is 2. The average Bonchev–Trinajstić information content (AvgIpc) is 3.42. The summed E-state index contributed by atoms with van der Waals surface area (Å²) in [6.07, 6.45) is 9.67. The molecule has 0 aliphatic carbocycles. The van der Waals surface area contributed by atoms with Crippen molar-refractivity contribution in [2.75, 3.05) is 31.5 Å². The van der Waals surface area contributed by atoms with Gasteiger partial charge in [0.25, 0.3) is 0 Å². The first-order valence-corrected chi connectivity index (χ1v) is 14.3. The number of nitrogens with zero attached hydrogens (tertiary/aromatic N) is 6. The van der Waals surface area contributed by atoms with Crippen molar-refractivity contribution in [2.45, 2.75) is 64.6 Å². The first-order chi connectivity index (χ1) is 19.5. The monoisotopic (exact) mass is 545 g/mol. The van der Waals surface area contributed by atoms with Crippen LogP contribution in [-0.4, -0.2) is 73.9 Å². The lowest BCUT2D eigenvalue weighted by atomic mass is 9.73. The third kappa shape index (κ3) is 7.01. The van der Waals surface area contributed by atoms with Crippen LogP contribution < -0.4 is 16.0 Å². The van der Waals surface area contributed by atoms with Gasteiger partial charge in [-0.15, -0.1) is 5.10 Å². The van der Waals surface area contributed by atoms with Crippen molar-refractivity contribution < 1.29 is 9.59 Å². The van der Waals surface area contributed by atoms with E-state index in [1.165, 1.54) is 0 Å². The zero-order valence-electron chi connectivity index (χ0n) is 23.2. The van der Waals surface area contributed by atoms with Crippen LogP contribution >= 0.6 is 0 Å². The van der Waals surface area contributed by atoms with Crippen LogP contribution in [0, 0.1) is 5.41 Å². The summed E-state index contributed by atoms with van der Waals surface area (Å²) in [6, 6.07) is 9.19. The number of benzene rings is 1. The van der Waals surface area contributed by atoms with Crippen LogP contribution in [0.2, 0.25) is 0 Å². The number of nitrogens with one attached hydrogen (secondary N) is 3. The van der Waals surface area contributed by atoms with Gasteiger partial charge in [-0.1, -0.05) is 42.5 Å². The molecule has 2 aromatic heterocycles. The predicted octanol–water partition coefficient (Wildman–Crippen LogP) is 1.96. The number of hydrogen-bond acceptors (Lipinski definition) is 8. The van der Waals surface area contributed by atoms with Crippen molar-refractivity contribution in [2.24, 2.45) is 5.41 Å². The van der Waals surface area contributed by atoms with E-state index in [4.69, 9.17) is 0 Å². The van der Waals surface area contributed by atoms with Gasteiger partial charge in [0.05, 0.1) is 11.1 Å². The van der Waals surface area contributed by atoms with Crippen molar-refractivity contribution in [1.82, 2.24) is 40.5 Å². The molecule has 5 rings (SSSR count). The van der Waals surface area contributed by atoms with E-state index in [-0.39, 0.29) is 11.8 Å². The van der Waals surface area contributed by atoms with Crippen molar-refractivity contribution in [3.63, 3.8) is 0 Å². The lowest BCUT2D eigenvalue weighted by Crippen LogP contribution is -2.56. The smallest absolute Gasteiger partial charge is 0.242 e. The lowest BCUT2D eigenvalue weighted by Gasteiger charge is -2.41. The van der Waals surface area contributed by atoms with E-state index >= 15 is 0 Å². The van der Waals surface area contributed by atoms with Gasteiger partial charge in [-0.3, -0.25) is 19.2 Å². The number of rotatable bonds is 7. The quantitative estimate of drug-likeness (QED) is 0.411. The highest BCUT2D eigenvalue weighted by Crippen LogP contribution is 2.36. The Morgan fingerprint density at radius 2 is 1.82 bits per heavy atom. The Morgan fingerprint density at radius 1 is 1.05 bits per heavy atom. The second kappa shape index (κ2) is 13.0. The number of aryl methyl sites for hydroxylation is 1. The van der Waals surface area contributed by atoms with E-state index < -0.39 is 11.5 Å². The maximum Gasteiger partial charge on any atom is 0.242 e. The summed E-state index contributed by atoms with van der Waals surface area (Å²) in [6.45, 7) is 6.33. The first kappa shape index (κ1) is 27.7. The highest BCUT2D eigenvalue weighted by atomic mass is 16.2. The predicted molar refractivity (Wildman–Crippen MR) is 151 cm³/mol. The highest BCUT2D eigenvalue weighted by Gasteiger charge is 2.43. The summed E-state index contributed by atoms with van der Waals surface area (Å²) in [7, 11) is 0. The van der Waals surface area contributed by atoms with Crippen LogP contribution in [-0.2, 0) is 35.5 Å². The molecule has 2 aliphatic heterocycles. The molecule has 1 saturated heterocycles. The molecule has 1 fully saturated rings. The zero-order valence-corrected chi connectivity index (χ0v) is 23.2. The Hall–Kier alpha value is -3.86. The summed E-state index contributed by atoms with van der Waals surface area (Å²) >= 11 is 0. The molecular weight excluding hydrogens is 506 g/mol. The molecule has 2 amide bonds. The molecule has 2 aliphatic rings. The zero-order chi connectivity index (χ0) is 27.8. The SMILES string of the molecule is CCCNc1ncc(CN2CCC3(CC2)Cc2cn(nn2)CCCNC(=O)[C@H](Cc2ccccc2)NC3=O)cn1. The first-order valence-electron chi connectivity index (χ1n) is 14.3. The minimum atomic E-state index is -0.676. The van der Waals surface area contributed by atoms with Gasteiger partial charge in [-0.2, -0.15) is 0 Å². The standard InChI is InChI=1S/C29H39N9O2/c1-2-11-31-28-32-18-23(19-33-28)20-37-14-9-29(10-15-37)17-24-21-38(36-35-24)13-6-12-30-26(39)25(34-27(29)40)16-22-7-4-3-5-8-22/h3-5,7-8,18-19,21,25H,2,6,9-17,20H2,1H3,(H,30,39)(H,34,40)(H,31,32,33)/t25-/m0/s1. The molecular formula is C29H39N9O2. The Morgan fingerprint density at radius 3 is 2.58 bits per heavy atom. The van der Waals surface area contributed by atoms with Crippen LogP contribution in [0.4, 0.5) is 5.95 Å². The molecule has 0 radical (unpaired) electrons. The van der Waals surface area contributed by atoms with E-state index in [9.17, 15) is 9.59 Å². The summed E-state index contributed by atoms with van der Waals surface area (Å²) in [5.74, 6) is 0.400. The normalized spacial score (nSPS) is 20.1. The Balaban J connectivity index is 1.31. The van der Waals surface area contributed by atoms with Crippen molar-refractivity contribution in [3.8, 4) is 0 Å². The number of carbonyl (C=O) groups excluding carboxylic acids is 2. The maximum absolute atomic E-state index is 14.1. The fourth-order valence-corrected chi connectivity index (χ4v) is 5.47. The Labute approximate surface area is 235 Å². The second-order valence-corrected chi connectivity index (χ2v) is 10.9. The lowest BCUT2D eigenvalue weighted by molar-refractivity contribution is -0.137. The fourth-order valence-electron chi connectivity index (χ4n) is 5.47. The van der Waals surface area contributed by atoms with E-state index in [1.807, 2.05) is 48.9 Å². The molecule has 3 N–H and O–H groups in total. The van der Waals surface area contributed by atoms with Crippen LogP contribution in [0.25, 0.3) is 0 Å². The minimum Gasteiger partial charge on any atom is -0.354 e. The van der Waals surface area contributed by atoms with Gasteiger partial charge in [-0.25, -0.2) is 9.97 Å². The molecule has 3 aromatic rings. The van der Waals surface area contributed by atoms with E-state index in [0.29, 0.717) is 44.7 Å². The van der Waals surface area contributed by atoms with Crippen LogP contribution in [0.3, 0.4) is 0 Å². The van der Waals surface area contributed by atoms with E-state index in [2.05, 4.69) is 48.1 Å². The molecule has 4 heterocycles. The van der Waals surface area contributed by atoms with E-state index in [1.54, 1.807) is 4.68 Å². The summed E-state index contributed by atoms with van der Waals surface area (Å²) in [5, 5.41) is 18.0. The van der Waals surface area contributed by atoms with Gasteiger partial charge in [0.15, 0.2) is 0 Å². The van der Waals surface area contributed by atoms with Gasteiger partial charge in [-0.05, 0) is 44.3 Å². The van der Waals surface area contributed by atoms with E-state index in [0.717, 1.165) is 55.8 Å². The topological polar surface area (TPSA) is 130 Å². The maximum atomic E-state index is 14.1. The number of aromatic nitrogens is 5. The fraction of sp³-hybridized carbons (Fsp3) is 0.517. The molecule has 11 heteroatoms. The molecule has 1 atom stereocenters. The Kier molecular flexibility index (Phi) is 9.00. The largest absolute Gasteiger partial charge is 0.354 e. The van der Waals surface area contributed by atoms with Crippen molar-refractivity contribution in [1.29, 1.82) is 0 Å². The van der Waals surface area contributed by atoms with Gasteiger partial charge in [0.2, 0.25) is 17.8 Å². The van der Waals surface area contributed by atoms with Gasteiger partial charge in [0.1, 0.15) is 6.04 Å². The average molecular weight is 546 g/mol. The number of anilines is 1. The number of likely N-dealkylation sites (tertiary alicyclic amines) is 1. The van der Waals surface area contributed by atoms with Crippen LogP contribution in [0.1, 0.15) is 49.4 Å².